The maximum Gasteiger partial charge on any atom is 0.0812 e. The second-order valence-corrected chi connectivity index (χ2v) is 5.40. The molecule has 0 saturated carbocycles. The van der Waals surface area contributed by atoms with Gasteiger partial charge < -0.3 is 32.3 Å². The molecule has 23 heavy (non-hydrogen) atoms. The Balaban J connectivity index is 2.72. The van der Waals surface area contributed by atoms with Crippen LogP contribution in [0.2, 0.25) is 0 Å². The van der Waals surface area contributed by atoms with Crippen molar-refractivity contribution in [3.8, 4) is 11.1 Å². The fraction of sp³-hybridized carbons (Fsp3) is 0.294. The predicted molar refractivity (Wildman–Crippen MR) is 96.6 cm³/mol. The summed E-state index contributed by atoms with van der Waals surface area (Å²) >= 11 is 0. The van der Waals surface area contributed by atoms with Gasteiger partial charge >= 0.3 is 0 Å². The van der Waals surface area contributed by atoms with Crippen molar-refractivity contribution in [3.05, 3.63) is 35.9 Å². The molecule has 0 radical (unpaired) electrons. The topological polar surface area (TPSA) is 117 Å². The number of hydrogen-bond donors (Lipinski definition) is 6. The van der Waals surface area contributed by atoms with Crippen LogP contribution in [0.3, 0.4) is 0 Å². The van der Waals surface area contributed by atoms with Crippen molar-refractivity contribution in [2.24, 2.45) is 0 Å². The lowest BCUT2D eigenvalue weighted by atomic mass is 9.91. The van der Waals surface area contributed by atoms with Crippen LogP contribution in [-0.2, 0) is 6.42 Å². The third kappa shape index (κ3) is 3.49. The van der Waals surface area contributed by atoms with E-state index in [1.165, 1.54) is 0 Å². The highest BCUT2D eigenvalue weighted by Crippen LogP contribution is 2.40. The highest BCUT2D eigenvalue weighted by atomic mass is 16.3. The molecule has 0 aromatic heterocycles. The van der Waals surface area contributed by atoms with Crippen LogP contribution in [0.1, 0.15) is 5.56 Å². The van der Waals surface area contributed by atoms with Crippen molar-refractivity contribution in [1.29, 1.82) is 0 Å². The first-order valence-electron chi connectivity index (χ1n) is 7.47. The molecule has 0 aliphatic carbocycles. The number of aliphatic hydroxyl groups excluding tert-OH is 2. The van der Waals surface area contributed by atoms with Crippen molar-refractivity contribution in [2.75, 3.05) is 42.8 Å². The van der Waals surface area contributed by atoms with Crippen LogP contribution in [0, 0.1) is 0 Å². The standard InChI is InChI=1S/C17H24N4O2/c1-20-15-4-3-5-16(21-2)17(15)13-6-10(18)7-14(19)12(13)8-11(23)9-22/h3-7,11,20-23H,8-9,18-19H2,1-2H3. The second kappa shape index (κ2) is 7.21. The van der Waals surface area contributed by atoms with Crippen LogP contribution in [0.5, 0.6) is 0 Å². The molecule has 2 rings (SSSR count). The van der Waals surface area contributed by atoms with Gasteiger partial charge in [0.15, 0.2) is 0 Å². The molecule has 8 N–H and O–H groups in total. The van der Waals surface area contributed by atoms with E-state index in [1.54, 1.807) is 6.07 Å². The SMILES string of the molecule is CNc1cccc(NC)c1-c1cc(N)cc(N)c1CC(O)CO. The van der Waals surface area contributed by atoms with Crippen LogP contribution in [0.15, 0.2) is 30.3 Å². The molecule has 6 nitrogen and oxygen atoms in total. The largest absolute Gasteiger partial charge is 0.399 e. The molecule has 1 atom stereocenters. The first kappa shape index (κ1) is 16.9. The monoisotopic (exact) mass is 316 g/mol. The van der Waals surface area contributed by atoms with Crippen molar-refractivity contribution in [3.63, 3.8) is 0 Å². The minimum atomic E-state index is -0.876. The Hall–Kier alpha value is -2.44. The van der Waals surface area contributed by atoms with Gasteiger partial charge in [-0.2, -0.15) is 0 Å². The minimum Gasteiger partial charge on any atom is -0.399 e. The van der Waals surface area contributed by atoms with Gasteiger partial charge in [0.05, 0.1) is 12.7 Å². The average molecular weight is 316 g/mol. The second-order valence-electron chi connectivity index (χ2n) is 5.40. The molecule has 1 unspecified atom stereocenters. The fourth-order valence-electron chi connectivity index (χ4n) is 2.73. The fourth-order valence-corrected chi connectivity index (χ4v) is 2.73. The first-order chi connectivity index (χ1) is 11.0. The van der Waals surface area contributed by atoms with Gasteiger partial charge in [-0.3, -0.25) is 0 Å². The lowest BCUT2D eigenvalue weighted by Crippen LogP contribution is -2.17. The normalized spacial score (nSPS) is 12.0. The Morgan fingerprint density at radius 3 is 2.22 bits per heavy atom. The summed E-state index contributed by atoms with van der Waals surface area (Å²) in [6.07, 6.45) is -0.626. The maximum absolute atomic E-state index is 9.86. The van der Waals surface area contributed by atoms with Crippen LogP contribution in [0.4, 0.5) is 22.7 Å². The molecule has 0 aliphatic rings. The first-order valence-corrected chi connectivity index (χ1v) is 7.47. The van der Waals surface area contributed by atoms with E-state index < -0.39 is 6.10 Å². The van der Waals surface area contributed by atoms with Gasteiger partial charge in [0.2, 0.25) is 0 Å². The summed E-state index contributed by atoms with van der Waals surface area (Å²) in [5.41, 5.74) is 17.5. The van der Waals surface area contributed by atoms with Crippen LogP contribution < -0.4 is 22.1 Å². The zero-order chi connectivity index (χ0) is 17.0. The third-order valence-corrected chi connectivity index (χ3v) is 3.83. The summed E-state index contributed by atoms with van der Waals surface area (Å²) in [5.74, 6) is 0. The van der Waals surface area contributed by atoms with Gasteiger partial charge in [-0.05, 0) is 35.4 Å². The Morgan fingerprint density at radius 2 is 1.70 bits per heavy atom. The molecule has 0 bridgehead atoms. The van der Waals surface area contributed by atoms with Crippen LogP contribution in [0.25, 0.3) is 11.1 Å². The van der Waals surface area contributed by atoms with Gasteiger partial charge in [-0.15, -0.1) is 0 Å². The Bertz CT molecular complexity index is 666. The smallest absolute Gasteiger partial charge is 0.0812 e. The average Bonchev–Trinajstić information content (AvgIpc) is 2.55. The lowest BCUT2D eigenvalue weighted by Gasteiger charge is -2.21. The van der Waals surface area contributed by atoms with E-state index in [1.807, 2.05) is 38.4 Å². The molecule has 0 amide bonds. The summed E-state index contributed by atoms with van der Waals surface area (Å²) < 4.78 is 0. The molecule has 124 valence electrons. The van der Waals surface area contributed by atoms with Gasteiger partial charge in [0, 0.05) is 48.8 Å². The minimum absolute atomic E-state index is 0.249. The number of benzene rings is 2. The van der Waals surface area contributed by atoms with Gasteiger partial charge in [0.25, 0.3) is 0 Å². The number of nitrogens with two attached hydrogens (primary N) is 2. The summed E-state index contributed by atoms with van der Waals surface area (Å²) in [6, 6.07) is 9.37. The predicted octanol–water partition coefficient (Wildman–Crippen LogP) is 1.50. The van der Waals surface area contributed by atoms with E-state index >= 15 is 0 Å². The maximum atomic E-state index is 9.86. The van der Waals surface area contributed by atoms with E-state index in [0.717, 1.165) is 28.1 Å². The zero-order valence-electron chi connectivity index (χ0n) is 13.4. The Morgan fingerprint density at radius 1 is 1.09 bits per heavy atom. The van der Waals surface area contributed by atoms with Crippen molar-refractivity contribution >= 4 is 22.7 Å². The van der Waals surface area contributed by atoms with Crippen molar-refractivity contribution in [1.82, 2.24) is 0 Å². The van der Waals surface area contributed by atoms with E-state index in [0.29, 0.717) is 11.4 Å². The van der Waals surface area contributed by atoms with E-state index in [4.69, 9.17) is 16.6 Å². The number of rotatable bonds is 6. The highest BCUT2D eigenvalue weighted by molar-refractivity contribution is 5.92. The molecular formula is C17H24N4O2. The molecule has 0 heterocycles. The molecule has 0 fully saturated rings. The van der Waals surface area contributed by atoms with E-state index in [9.17, 15) is 5.11 Å². The number of anilines is 4. The molecule has 0 aliphatic heterocycles. The Labute approximate surface area is 136 Å². The quantitative estimate of drug-likeness (QED) is 0.450. The molecule has 2 aromatic rings. The molecule has 6 heteroatoms. The number of hydrogen-bond acceptors (Lipinski definition) is 6. The zero-order valence-corrected chi connectivity index (χ0v) is 13.4. The molecule has 0 spiro atoms. The Kier molecular flexibility index (Phi) is 5.31. The van der Waals surface area contributed by atoms with Crippen LogP contribution >= 0.6 is 0 Å². The van der Waals surface area contributed by atoms with E-state index in [-0.39, 0.29) is 13.0 Å². The van der Waals surface area contributed by atoms with Crippen molar-refractivity contribution in [2.45, 2.75) is 12.5 Å². The van der Waals surface area contributed by atoms with Crippen molar-refractivity contribution < 1.29 is 10.2 Å². The molecule has 0 saturated heterocycles. The van der Waals surface area contributed by atoms with Crippen LogP contribution in [-0.4, -0.2) is 37.0 Å². The summed E-state index contributed by atoms with van der Waals surface area (Å²) in [7, 11) is 3.69. The van der Waals surface area contributed by atoms with E-state index in [2.05, 4.69) is 10.6 Å². The van der Waals surface area contributed by atoms with Gasteiger partial charge in [-0.25, -0.2) is 0 Å². The number of nitrogen functional groups attached to an aromatic ring is 2. The number of aliphatic hydroxyl groups is 2. The summed E-state index contributed by atoms with van der Waals surface area (Å²) in [6.45, 7) is -0.324. The third-order valence-electron chi connectivity index (χ3n) is 3.83. The van der Waals surface area contributed by atoms with Gasteiger partial charge in [-0.1, -0.05) is 6.07 Å². The summed E-state index contributed by atoms with van der Waals surface area (Å²) in [4.78, 5) is 0. The molecule has 2 aromatic carbocycles. The summed E-state index contributed by atoms with van der Waals surface area (Å²) in [5, 5.41) is 25.4. The van der Waals surface area contributed by atoms with Gasteiger partial charge in [0.1, 0.15) is 0 Å². The lowest BCUT2D eigenvalue weighted by molar-refractivity contribution is 0.0957. The molecular weight excluding hydrogens is 292 g/mol. The highest BCUT2D eigenvalue weighted by Gasteiger charge is 2.18. The number of nitrogens with one attached hydrogen (secondary N) is 2.